The third-order valence-corrected chi connectivity index (χ3v) is 6.72. The van der Waals surface area contributed by atoms with Gasteiger partial charge < -0.3 is 4.90 Å². The van der Waals surface area contributed by atoms with E-state index in [2.05, 4.69) is 5.32 Å². The summed E-state index contributed by atoms with van der Waals surface area (Å²) in [5.74, 6) is 0.294. The highest BCUT2D eigenvalue weighted by molar-refractivity contribution is 7.99. The van der Waals surface area contributed by atoms with Crippen LogP contribution in [0.15, 0.2) is 18.2 Å². The molecule has 3 aliphatic heterocycles. The molecule has 0 aromatic heterocycles. The number of hydrogen-bond donors (Lipinski definition) is 1. The SMILES string of the molecule is CCCN1C(=O)NC(=O)[C@]2(Cc3cc([N+](=O)[O-])ccc3N3CCSC[C@H]32)C1=O. The number of nitro benzene ring substituents is 1. The number of hydrogen-bond acceptors (Lipinski definition) is 7. The quantitative estimate of drug-likeness (QED) is 0.462. The average molecular weight is 404 g/mol. The average Bonchev–Trinajstić information content (AvgIpc) is 2.69. The summed E-state index contributed by atoms with van der Waals surface area (Å²) in [5, 5.41) is 13.6. The third kappa shape index (κ3) is 2.58. The lowest BCUT2D eigenvalue weighted by Gasteiger charge is -2.53. The van der Waals surface area contributed by atoms with E-state index in [1.165, 1.54) is 12.1 Å². The Kier molecular flexibility index (Phi) is 4.53. The van der Waals surface area contributed by atoms with E-state index >= 15 is 0 Å². The number of non-ortho nitro benzene ring substituents is 1. The van der Waals surface area contributed by atoms with E-state index in [1.807, 2.05) is 11.8 Å². The molecule has 0 saturated carbocycles. The number of amides is 4. The Morgan fingerprint density at radius 1 is 1.36 bits per heavy atom. The van der Waals surface area contributed by atoms with E-state index < -0.39 is 34.2 Å². The first-order valence-corrected chi connectivity index (χ1v) is 10.3. The van der Waals surface area contributed by atoms with Gasteiger partial charge in [0.15, 0.2) is 5.41 Å². The van der Waals surface area contributed by atoms with Gasteiger partial charge in [0.2, 0.25) is 11.8 Å². The van der Waals surface area contributed by atoms with Crippen LogP contribution in [-0.2, 0) is 16.0 Å². The minimum atomic E-state index is -1.46. The lowest BCUT2D eigenvalue weighted by atomic mass is 9.69. The predicted octanol–water partition coefficient (Wildman–Crippen LogP) is 1.55. The van der Waals surface area contributed by atoms with Crippen LogP contribution in [0.4, 0.5) is 16.2 Å². The van der Waals surface area contributed by atoms with E-state index in [1.54, 1.807) is 17.8 Å². The Hall–Kier alpha value is -2.62. The van der Waals surface area contributed by atoms with E-state index in [0.717, 1.165) is 16.3 Å². The molecule has 2 saturated heterocycles. The molecule has 2 atom stereocenters. The number of urea groups is 1. The lowest BCUT2D eigenvalue weighted by molar-refractivity contribution is -0.384. The van der Waals surface area contributed by atoms with E-state index in [4.69, 9.17) is 0 Å². The van der Waals surface area contributed by atoms with Gasteiger partial charge in [-0.3, -0.25) is 29.9 Å². The Balaban J connectivity index is 1.87. The molecule has 4 amide bonds. The molecule has 148 valence electrons. The second kappa shape index (κ2) is 6.77. The van der Waals surface area contributed by atoms with Crippen molar-refractivity contribution in [3.8, 4) is 0 Å². The monoisotopic (exact) mass is 404 g/mol. The zero-order chi connectivity index (χ0) is 20.1. The Bertz CT molecular complexity index is 891. The number of thioether (sulfide) groups is 1. The van der Waals surface area contributed by atoms with E-state index in [0.29, 0.717) is 24.3 Å². The number of anilines is 1. The van der Waals surface area contributed by atoms with Crippen molar-refractivity contribution in [2.24, 2.45) is 5.41 Å². The second-order valence-electron chi connectivity index (χ2n) is 7.22. The molecule has 1 aromatic carbocycles. The van der Waals surface area contributed by atoms with Crippen molar-refractivity contribution in [1.82, 2.24) is 10.2 Å². The van der Waals surface area contributed by atoms with E-state index in [9.17, 15) is 24.5 Å². The van der Waals surface area contributed by atoms with Crippen molar-refractivity contribution < 1.29 is 19.3 Å². The first-order valence-electron chi connectivity index (χ1n) is 9.19. The molecule has 1 N–H and O–H groups in total. The lowest BCUT2D eigenvalue weighted by Crippen LogP contribution is -2.73. The van der Waals surface area contributed by atoms with Gasteiger partial charge in [-0.05, 0) is 18.1 Å². The smallest absolute Gasteiger partial charge is 0.330 e. The summed E-state index contributed by atoms with van der Waals surface area (Å²) in [7, 11) is 0. The van der Waals surface area contributed by atoms with Crippen molar-refractivity contribution in [2.45, 2.75) is 25.8 Å². The predicted molar refractivity (Wildman–Crippen MR) is 103 cm³/mol. The highest BCUT2D eigenvalue weighted by Gasteiger charge is 2.62. The van der Waals surface area contributed by atoms with Gasteiger partial charge >= 0.3 is 6.03 Å². The number of rotatable bonds is 3. The van der Waals surface area contributed by atoms with Crippen LogP contribution in [0.1, 0.15) is 18.9 Å². The first kappa shape index (κ1) is 18.7. The summed E-state index contributed by atoms with van der Waals surface area (Å²) in [4.78, 5) is 52.7. The van der Waals surface area contributed by atoms with Crippen LogP contribution < -0.4 is 10.2 Å². The number of nitro groups is 1. The fraction of sp³-hybridized carbons (Fsp3) is 0.500. The molecular weight excluding hydrogens is 384 g/mol. The van der Waals surface area contributed by atoms with Gasteiger partial charge in [0.05, 0.1) is 11.0 Å². The largest absolute Gasteiger partial charge is 0.365 e. The molecule has 0 bridgehead atoms. The normalized spacial score (nSPS) is 26.8. The highest BCUT2D eigenvalue weighted by atomic mass is 32.2. The molecule has 28 heavy (non-hydrogen) atoms. The van der Waals surface area contributed by atoms with Crippen molar-refractivity contribution in [2.75, 3.05) is 29.5 Å². The second-order valence-corrected chi connectivity index (χ2v) is 8.37. The molecule has 1 aromatic rings. The van der Waals surface area contributed by atoms with Crippen molar-refractivity contribution in [3.05, 3.63) is 33.9 Å². The minimum absolute atomic E-state index is 0.0455. The molecule has 3 aliphatic rings. The van der Waals surface area contributed by atoms with Gasteiger partial charge in [0.25, 0.3) is 5.69 Å². The van der Waals surface area contributed by atoms with Crippen LogP contribution in [0, 0.1) is 15.5 Å². The van der Waals surface area contributed by atoms with E-state index in [-0.39, 0.29) is 18.7 Å². The van der Waals surface area contributed by atoms with Gasteiger partial charge in [-0.1, -0.05) is 6.92 Å². The summed E-state index contributed by atoms with van der Waals surface area (Å²) in [5.41, 5.74) is -0.129. The number of carbonyl (C=O) groups excluding carboxylic acids is 3. The number of imide groups is 2. The molecule has 0 radical (unpaired) electrons. The van der Waals surface area contributed by atoms with Gasteiger partial charge in [0.1, 0.15) is 0 Å². The molecule has 0 unspecified atom stereocenters. The number of carbonyl (C=O) groups is 3. The van der Waals surface area contributed by atoms with Crippen molar-refractivity contribution in [1.29, 1.82) is 0 Å². The first-order chi connectivity index (χ1) is 13.4. The summed E-state index contributed by atoms with van der Waals surface area (Å²) in [6.07, 6.45) is 0.624. The van der Waals surface area contributed by atoms with Gasteiger partial charge in [-0.2, -0.15) is 11.8 Å². The van der Waals surface area contributed by atoms with Crippen LogP contribution in [0.3, 0.4) is 0 Å². The molecule has 3 heterocycles. The third-order valence-electron chi connectivity index (χ3n) is 5.69. The van der Waals surface area contributed by atoms with Crippen LogP contribution in [-0.4, -0.2) is 58.3 Å². The summed E-state index contributed by atoms with van der Waals surface area (Å²) >= 11 is 1.66. The molecule has 10 heteroatoms. The van der Waals surface area contributed by atoms with Gasteiger partial charge in [-0.25, -0.2) is 4.79 Å². The Morgan fingerprint density at radius 3 is 2.86 bits per heavy atom. The van der Waals surface area contributed by atoms with Gasteiger partial charge in [0, 0.05) is 48.8 Å². The fourth-order valence-electron chi connectivity index (χ4n) is 4.41. The fourth-order valence-corrected chi connectivity index (χ4v) is 5.59. The maximum absolute atomic E-state index is 13.5. The number of benzene rings is 1. The maximum atomic E-state index is 13.5. The number of fused-ring (bicyclic) bond motifs is 4. The summed E-state index contributed by atoms with van der Waals surface area (Å²) in [6.45, 7) is 2.71. The zero-order valence-corrected chi connectivity index (χ0v) is 16.2. The van der Waals surface area contributed by atoms with Crippen LogP contribution in [0.2, 0.25) is 0 Å². The Labute approximate surface area is 165 Å². The van der Waals surface area contributed by atoms with Crippen LogP contribution in [0.25, 0.3) is 0 Å². The zero-order valence-electron chi connectivity index (χ0n) is 15.3. The molecule has 0 aliphatic carbocycles. The Morgan fingerprint density at radius 2 is 2.14 bits per heavy atom. The van der Waals surface area contributed by atoms with Crippen LogP contribution >= 0.6 is 11.8 Å². The molecule has 2 fully saturated rings. The van der Waals surface area contributed by atoms with Crippen molar-refractivity contribution in [3.63, 3.8) is 0 Å². The maximum Gasteiger partial charge on any atom is 0.330 e. The highest BCUT2D eigenvalue weighted by Crippen LogP contribution is 2.47. The molecule has 1 spiro atoms. The van der Waals surface area contributed by atoms with Crippen molar-refractivity contribution >= 4 is 41.0 Å². The summed E-state index contributed by atoms with van der Waals surface area (Å²) in [6, 6.07) is 3.49. The molecular formula is C18H20N4O5S. The number of nitrogens with zero attached hydrogens (tertiary/aromatic N) is 3. The molecule has 4 rings (SSSR count). The topological polar surface area (TPSA) is 113 Å². The molecule has 9 nitrogen and oxygen atoms in total. The standard InChI is InChI=1S/C18H20N4O5S/c1-2-5-21-16(24)18(15(23)19-17(21)25)9-11-8-12(22(26)27)3-4-13(11)20-6-7-28-10-14(18)20/h3-4,8,14H,2,5-7,9-10H2,1H3,(H,19,23,25)/t14-,18+/m0/s1. The summed E-state index contributed by atoms with van der Waals surface area (Å²) < 4.78 is 0. The number of nitrogens with one attached hydrogen (secondary N) is 1. The van der Waals surface area contributed by atoms with Gasteiger partial charge in [-0.15, -0.1) is 0 Å². The number of barbiturate groups is 1. The van der Waals surface area contributed by atoms with Crippen LogP contribution in [0.5, 0.6) is 0 Å². The minimum Gasteiger partial charge on any atom is -0.365 e.